The number of amides is 1. The standard InChI is InChI=1S/C21H23ClN4O4S2/c1-14(2)30-18-7-3-5-15(13-18)6-4-12-23-32(28,29)21-26-25-20(31-21)24-19(27)16-8-10-17(22)11-9-16/h3,5,7-11,13-14,23H,4,6,12H2,1-2H3,(H,24,25,27). The maximum atomic E-state index is 12.5. The summed E-state index contributed by atoms with van der Waals surface area (Å²) in [5, 5.41) is 10.6. The van der Waals surface area contributed by atoms with E-state index < -0.39 is 15.9 Å². The minimum absolute atomic E-state index is 0.0878. The van der Waals surface area contributed by atoms with Crippen LogP contribution in [0, 0.1) is 0 Å². The summed E-state index contributed by atoms with van der Waals surface area (Å²) in [7, 11) is -3.82. The van der Waals surface area contributed by atoms with Crippen molar-refractivity contribution in [2.75, 3.05) is 11.9 Å². The first-order valence-electron chi connectivity index (χ1n) is 9.88. The van der Waals surface area contributed by atoms with Gasteiger partial charge in [-0.25, -0.2) is 13.1 Å². The number of anilines is 1. The van der Waals surface area contributed by atoms with Gasteiger partial charge in [0.15, 0.2) is 0 Å². The second-order valence-corrected chi connectivity index (χ2v) is 10.5. The molecule has 3 rings (SSSR count). The number of nitrogens with zero attached hydrogens (tertiary/aromatic N) is 2. The van der Waals surface area contributed by atoms with Crippen molar-refractivity contribution < 1.29 is 17.9 Å². The van der Waals surface area contributed by atoms with Crippen LogP contribution in [0.4, 0.5) is 5.13 Å². The van der Waals surface area contributed by atoms with Gasteiger partial charge in [0.1, 0.15) is 5.75 Å². The fourth-order valence-corrected chi connectivity index (χ4v) is 4.88. The Balaban J connectivity index is 1.51. The summed E-state index contributed by atoms with van der Waals surface area (Å²) < 4.78 is 32.9. The Labute approximate surface area is 196 Å². The van der Waals surface area contributed by atoms with Crippen LogP contribution in [-0.2, 0) is 16.4 Å². The lowest BCUT2D eigenvalue weighted by atomic mass is 10.1. The van der Waals surface area contributed by atoms with E-state index in [4.69, 9.17) is 16.3 Å². The molecule has 0 atom stereocenters. The van der Waals surface area contributed by atoms with Crippen molar-refractivity contribution in [1.82, 2.24) is 14.9 Å². The van der Waals surface area contributed by atoms with Gasteiger partial charge < -0.3 is 4.74 Å². The van der Waals surface area contributed by atoms with E-state index in [1.807, 2.05) is 38.1 Å². The van der Waals surface area contributed by atoms with Crippen LogP contribution in [-0.4, -0.2) is 37.2 Å². The first-order chi connectivity index (χ1) is 15.2. The average molecular weight is 495 g/mol. The molecule has 170 valence electrons. The highest BCUT2D eigenvalue weighted by atomic mass is 35.5. The molecule has 3 aromatic rings. The van der Waals surface area contributed by atoms with Crippen LogP contribution in [0.1, 0.15) is 36.2 Å². The lowest BCUT2D eigenvalue weighted by molar-refractivity contribution is 0.102. The second kappa shape index (κ2) is 10.9. The molecular formula is C21H23ClN4O4S2. The number of hydrogen-bond donors (Lipinski definition) is 2. The van der Waals surface area contributed by atoms with Crippen LogP contribution in [0.5, 0.6) is 5.75 Å². The van der Waals surface area contributed by atoms with E-state index in [-0.39, 0.29) is 22.1 Å². The fourth-order valence-electron chi connectivity index (χ4n) is 2.75. The van der Waals surface area contributed by atoms with E-state index in [9.17, 15) is 13.2 Å². The Kier molecular flexibility index (Phi) is 8.19. The number of nitrogens with one attached hydrogen (secondary N) is 2. The molecule has 2 aromatic carbocycles. The molecule has 1 heterocycles. The van der Waals surface area contributed by atoms with E-state index in [2.05, 4.69) is 20.2 Å². The van der Waals surface area contributed by atoms with Gasteiger partial charge in [-0.05, 0) is 68.7 Å². The van der Waals surface area contributed by atoms with Gasteiger partial charge in [-0.2, -0.15) is 0 Å². The highest BCUT2D eigenvalue weighted by molar-refractivity contribution is 7.91. The summed E-state index contributed by atoms with van der Waals surface area (Å²) in [4.78, 5) is 12.2. The van der Waals surface area contributed by atoms with Crippen molar-refractivity contribution in [3.63, 3.8) is 0 Å². The third-order valence-corrected chi connectivity index (χ3v) is 7.09. The highest BCUT2D eigenvalue weighted by Gasteiger charge is 2.20. The average Bonchev–Trinajstić information content (AvgIpc) is 3.21. The number of halogens is 1. The molecule has 0 spiro atoms. The minimum Gasteiger partial charge on any atom is -0.491 e. The maximum absolute atomic E-state index is 12.5. The molecule has 2 N–H and O–H groups in total. The molecule has 0 fully saturated rings. The summed E-state index contributed by atoms with van der Waals surface area (Å²) in [6.07, 6.45) is 1.38. The molecule has 0 aliphatic heterocycles. The third kappa shape index (κ3) is 6.99. The van der Waals surface area contributed by atoms with Crippen molar-refractivity contribution in [3.05, 3.63) is 64.7 Å². The highest BCUT2D eigenvalue weighted by Crippen LogP contribution is 2.21. The van der Waals surface area contributed by atoms with Gasteiger partial charge in [-0.15, -0.1) is 10.2 Å². The Morgan fingerprint density at radius 1 is 1.16 bits per heavy atom. The summed E-state index contributed by atoms with van der Waals surface area (Å²) in [6, 6.07) is 14.0. The number of aryl methyl sites for hydroxylation is 1. The van der Waals surface area contributed by atoms with E-state index >= 15 is 0 Å². The lowest BCUT2D eigenvalue weighted by Gasteiger charge is -2.11. The smallest absolute Gasteiger partial charge is 0.269 e. The number of sulfonamides is 1. The van der Waals surface area contributed by atoms with Crippen molar-refractivity contribution in [1.29, 1.82) is 0 Å². The Bertz CT molecular complexity index is 1160. The molecule has 0 radical (unpaired) electrons. The topological polar surface area (TPSA) is 110 Å². The van der Waals surface area contributed by atoms with Crippen LogP contribution in [0.15, 0.2) is 52.9 Å². The molecule has 8 nitrogen and oxygen atoms in total. The predicted molar refractivity (Wildman–Crippen MR) is 125 cm³/mol. The molecular weight excluding hydrogens is 472 g/mol. The van der Waals surface area contributed by atoms with Gasteiger partial charge in [0, 0.05) is 17.1 Å². The minimum atomic E-state index is -3.82. The van der Waals surface area contributed by atoms with Gasteiger partial charge in [0.2, 0.25) is 9.47 Å². The molecule has 0 aliphatic rings. The zero-order chi connectivity index (χ0) is 23.1. The van der Waals surface area contributed by atoms with E-state index in [0.29, 0.717) is 23.4 Å². The molecule has 1 amide bonds. The van der Waals surface area contributed by atoms with E-state index in [1.165, 1.54) is 0 Å². The molecule has 1 aromatic heterocycles. The molecule has 32 heavy (non-hydrogen) atoms. The summed E-state index contributed by atoms with van der Waals surface area (Å²) in [5.41, 5.74) is 1.43. The molecule has 0 saturated carbocycles. The number of aromatic nitrogens is 2. The number of benzene rings is 2. The third-order valence-electron chi connectivity index (χ3n) is 4.17. The van der Waals surface area contributed by atoms with Gasteiger partial charge in [0.05, 0.1) is 6.10 Å². The SMILES string of the molecule is CC(C)Oc1cccc(CCCNS(=O)(=O)c2nnc(NC(=O)c3ccc(Cl)cc3)s2)c1. The van der Waals surface area contributed by atoms with Gasteiger partial charge in [-0.3, -0.25) is 10.1 Å². The zero-order valence-corrected chi connectivity index (χ0v) is 19.9. The van der Waals surface area contributed by atoms with Crippen LogP contribution in [0.2, 0.25) is 5.02 Å². The number of rotatable bonds is 10. The van der Waals surface area contributed by atoms with Crippen molar-refractivity contribution in [2.45, 2.75) is 37.1 Å². The Morgan fingerprint density at radius 2 is 1.91 bits per heavy atom. The summed E-state index contributed by atoms with van der Waals surface area (Å²) in [6.45, 7) is 4.16. The number of carbonyl (C=O) groups is 1. The van der Waals surface area contributed by atoms with Crippen molar-refractivity contribution in [2.24, 2.45) is 0 Å². The van der Waals surface area contributed by atoms with Gasteiger partial charge >= 0.3 is 0 Å². The molecule has 0 saturated heterocycles. The quantitative estimate of drug-likeness (QED) is 0.323. The summed E-state index contributed by atoms with van der Waals surface area (Å²) >= 11 is 6.59. The summed E-state index contributed by atoms with van der Waals surface area (Å²) in [5.74, 6) is 0.360. The number of hydrogen-bond acceptors (Lipinski definition) is 7. The van der Waals surface area contributed by atoms with Crippen LogP contribution in [0.3, 0.4) is 0 Å². The molecule has 11 heteroatoms. The van der Waals surface area contributed by atoms with Crippen LogP contribution >= 0.6 is 22.9 Å². The lowest BCUT2D eigenvalue weighted by Crippen LogP contribution is -2.25. The normalized spacial score (nSPS) is 11.5. The van der Waals surface area contributed by atoms with Crippen molar-refractivity contribution >= 4 is 44.0 Å². The van der Waals surface area contributed by atoms with E-state index in [1.54, 1.807) is 24.3 Å². The van der Waals surface area contributed by atoms with Crippen LogP contribution < -0.4 is 14.8 Å². The van der Waals surface area contributed by atoms with Gasteiger partial charge in [0.25, 0.3) is 15.9 Å². The maximum Gasteiger partial charge on any atom is 0.269 e. The molecule has 0 unspecified atom stereocenters. The number of ether oxygens (including phenoxy) is 1. The van der Waals surface area contributed by atoms with Gasteiger partial charge in [-0.1, -0.05) is 35.1 Å². The Hall–Kier alpha value is -2.53. The second-order valence-electron chi connectivity index (χ2n) is 7.15. The predicted octanol–water partition coefficient (Wildman–Crippen LogP) is 4.14. The zero-order valence-electron chi connectivity index (χ0n) is 17.5. The fraction of sp³-hybridized carbons (Fsp3) is 0.286. The largest absolute Gasteiger partial charge is 0.491 e. The molecule has 0 aliphatic carbocycles. The Morgan fingerprint density at radius 3 is 2.62 bits per heavy atom. The molecule has 0 bridgehead atoms. The monoisotopic (exact) mass is 494 g/mol. The van der Waals surface area contributed by atoms with Crippen molar-refractivity contribution in [3.8, 4) is 5.75 Å². The van der Waals surface area contributed by atoms with Crippen LogP contribution in [0.25, 0.3) is 0 Å². The first kappa shape index (κ1) is 24.1. The number of carbonyl (C=O) groups excluding carboxylic acids is 1. The first-order valence-corrected chi connectivity index (χ1v) is 12.6. The van der Waals surface area contributed by atoms with E-state index in [0.717, 1.165) is 22.6 Å².